The molecule has 2 rings (SSSR count). The van der Waals surface area contributed by atoms with E-state index in [1.54, 1.807) is 13.1 Å². The molecule has 0 amide bonds. The van der Waals surface area contributed by atoms with Gasteiger partial charge in [0.15, 0.2) is 0 Å². The number of likely N-dealkylation sites (N-methyl/N-ethyl adjacent to an activating group) is 1. The summed E-state index contributed by atoms with van der Waals surface area (Å²) in [6.07, 6.45) is 3.27. The van der Waals surface area contributed by atoms with Crippen LogP contribution in [0.4, 0.5) is 0 Å². The predicted octanol–water partition coefficient (Wildman–Crippen LogP) is 1.21. The molecule has 1 saturated carbocycles. The van der Waals surface area contributed by atoms with Gasteiger partial charge in [0.25, 0.3) is 0 Å². The summed E-state index contributed by atoms with van der Waals surface area (Å²) in [7, 11) is -1.89. The van der Waals surface area contributed by atoms with E-state index in [4.69, 9.17) is 5.73 Å². The van der Waals surface area contributed by atoms with Gasteiger partial charge in [0, 0.05) is 20.1 Å². The highest BCUT2D eigenvalue weighted by atomic mass is 32.2. The molecule has 0 unspecified atom stereocenters. The lowest BCUT2D eigenvalue weighted by Gasteiger charge is -2.28. The van der Waals surface area contributed by atoms with Crippen molar-refractivity contribution in [1.29, 1.82) is 0 Å². The number of nitrogens with two attached hydrogens (primary N) is 1. The number of aliphatic hydroxyl groups is 1. The molecule has 0 aliphatic heterocycles. The minimum absolute atomic E-state index is 0.0621. The molecule has 0 radical (unpaired) electrons. The van der Waals surface area contributed by atoms with Gasteiger partial charge in [-0.25, -0.2) is 12.7 Å². The first-order valence-corrected chi connectivity index (χ1v) is 8.90. The largest absolute Gasteiger partial charge is 0.389 e. The number of benzene rings is 1. The van der Waals surface area contributed by atoms with Crippen LogP contribution in [0.2, 0.25) is 0 Å². The molecule has 3 N–H and O–H groups in total. The zero-order chi connectivity index (χ0) is 15.5. The molecule has 21 heavy (non-hydrogen) atoms. The lowest BCUT2D eigenvalue weighted by molar-refractivity contribution is 0.0333. The van der Waals surface area contributed by atoms with Gasteiger partial charge >= 0.3 is 0 Å². The summed E-state index contributed by atoms with van der Waals surface area (Å²) < 4.78 is 26.1. The first kappa shape index (κ1) is 16.4. The number of sulfonamides is 1. The summed E-state index contributed by atoms with van der Waals surface area (Å²) >= 11 is 0. The lowest BCUT2D eigenvalue weighted by Crippen LogP contribution is -2.42. The molecule has 1 aliphatic rings. The molecule has 1 aliphatic carbocycles. The molecule has 1 aromatic rings. The zero-order valence-electron chi connectivity index (χ0n) is 12.5. The van der Waals surface area contributed by atoms with Crippen molar-refractivity contribution in [2.24, 2.45) is 5.73 Å². The molecular weight excluding hydrogens is 288 g/mol. The number of nitrogens with zero attached hydrogens (tertiary/aromatic N) is 1. The normalized spacial score (nSPS) is 18.3. The maximum atomic E-state index is 12.4. The van der Waals surface area contributed by atoms with E-state index >= 15 is 0 Å². The van der Waals surface area contributed by atoms with Gasteiger partial charge in [-0.3, -0.25) is 0 Å². The van der Waals surface area contributed by atoms with Crippen LogP contribution in [-0.4, -0.2) is 37.0 Å². The van der Waals surface area contributed by atoms with E-state index < -0.39 is 15.6 Å². The minimum atomic E-state index is -3.43. The molecule has 0 bridgehead atoms. The maximum Gasteiger partial charge on any atom is 0.218 e. The van der Waals surface area contributed by atoms with Crippen LogP contribution in [0.3, 0.4) is 0 Å². The van der Waals surface area contributed by atoms with Gasteiger partial charge in [-0.15, -0.1) is 0 Å². The van der Waals surface area contributed by atoms with Crippen molar-refractivity contribution >= 4 is 10.0 Å². The monoisotopic (exact) mass is 312 g/mol. The van der Waals surface area contributed by atoms with Crippen molar-refractivity contribution in [2.45, 2.75) is 43.6 Å². The molecule has 6 heteroatoms. The van der Waals surface area contributed by atoms with Crippen molar-refractivity contribution in [2.75, 3.05) is 13.6 Å². The SMILES string of the molecule is CN(CC1(O)CCCC1)S(=O)(=O)Cc1cccc(CN)c1. The third kappa shape index (κ3) is 4.26. The third-order valence-corrected chi connectivity index (χ3v) is 5.88. The van der Waals surface area contributed by atoms with Crippen LogP contribution in [0.5, 0.6) is 0 Å². The molecule has 0 saturated heterocycles. The van der Waals surface area contributed by atoms with E-state index in [0.29, 0.717) is 19.4 Å². The van der Waals surface area contributed by atoms with E-state index in [1.165, 1.54) is 4.31 Å². The average molecular weight is 312 g/mol. The lowest BCUT2D eigenvalue weighted by atomic mass is 10.0. The fraction of sp³-hybridized carbons (Fsp3) is 0.600. The molecule has 1 fully saturated rings. The van der Waals surface area contributed by atoms with Crippen molar-refractivity contribution in [3.63, 3.8) is 0 Å². The fourth-order valence-corrected chi connectivity index (χ4v) is 4.13. The number of hydrogen-bond acceptors (Lipinski definition) is 4. The summed E-state index contributed by atoms with van der Waals surface area (Å²) in [5, 5.41) is 10.4. The first-order chi connectivity index (χ1) is 9.85. The summed E-state index contributed by atoms with van der Waals surface area (Å²) in [6.45, 7) is 0.565. The van der Waals surface area contributed by atoms with Crippen LogP contribution in [-0.2, 0) is 22.3 Å². The van der Waals surface area contributed by atoms with E-state index in [0.717, 1.165) is 24.0 Å². The van der Waals surface area contributed by atoms with Crippen LogP contribution in [0.15, 0.2) is 24.3 Å². The van der Waals surface area contributed by atoms with Gasteiger partial charge in [-0.05, 0) is 24.0 Å². The molecule has 5 nitrogen and oxygen atoms in total. The summed E-state index contributed by atoms with van der Waals surface area (Å²) in [5.74, 6) is -0.0621. The highest BCUT2D eigenvalue weighted by Crippen LogP contribution is 2.30. The van der Waals surface area contributed by atoms with Gasteiger partial charge in [0.1, 0.15) is 0 Å². The summed E-state index contributed by atoms with van der Waals surface area (Å²) in [6, 6.07) is 7.29. The van der Waals surface area contributed by atoms with Crippen LogP contribution >= 0.6 is 0 Å². The molecule has 0 spiro atoms. The van der Waals surface area contributed by atoms with Crippen LogP contribution in [0.1, 0.15) is 36.8 Å². The van der Waals surface area contributed by atoms with Crippen LogP contribution < -0.4 is 5.73 Å². The number of hydrogen-bond donors (Lipinski definition) is 2. The van der Waals surface area contributed by atoms with E-state index in [2.05, 4.69) is 0 Å². The standard InChI is InChI=1S/C15H24N2O3S/c1-17(12-15(18)7-2-3-8-15)21(19,20)11-14-6-4-5-13(9-14)10-16/h4-6,9,18H,2-3,7-8,10-12,16H2,1H3. The van der Waals surface area contributed by atoms with Crippen molar-refractivity contribution < 1.29 is 13.5 Å². The minimum Gasteiger partial charge on any atom is -0.389 e. The van der Waals surface area contributed by atoms with Crippen molar-refractivity contribution in [3.8, 4) is 0 Å². The quantitative estimate of drug-likeness (QED) is 0.827. The van der Waals surface area contributed by atoms with Gasteiger partial charge < -0.3 is 10.8 Å². The van der Waals surface area contributed by atoms with Gasteiger partial charge in [0.2, 0.25) is 10.0 Å². The average Bonchev–Trinajstić information content (AvgIpc) is 2.85. The summed E-state index contributed by atoms with van der Waals surface area (Å²) in [5.41, 5.74) is 6.36. The molecule has 0 atom stereocenters. The molecule has 0 heterocycles. The first-order valence-electron chi connectivity index (χ1n) is 7.29. The highest BCUT2D eigenvalue weighted by molar-refractivity contribution is 7.88. The highest BCUT2D eigenvalue weighted by Gasteiger charge is 2.35. The Balaban J connectivity index is 2.06. The van der Waals surface area contributed by atoms with E-state index in [9.17, 15) is 13.5 Å². The van der Waals surface area contributed by atoms with Crippen LogP contribution in [0.25, 0.3) is 0 Å². The molecule has 1 aromatic carbocycles. The Hall–Kier alpha value is -0.950. The second-order valence-corrected chi connectivity index (χ2v) is 8.04. The Morgan fingerprint density at radius 2 is 1.90 bits per heavy atom. The second kappa shape index (κ2) is 6.44. The zero-order valence-corrected chi connectivity index (χ0v) is 13.3. The van der Waals surface area contributed by atoms with Gasteiger partial charge in [-0.1, -0.05) is 37.1 Å². The molecule has 0 aromatic heterocycles. The Morgan fingerprint density at radius 3 is 2.52 bits per heavy atom. The summed E-state index contributed by atoms with van der Waals surface area (Å²) in [4.78, 5) is 0. The Bertz CT molecular complexity index is 580. The second-order valence-electron chi connectivity index (χ2n) is 5.97. The molecular formula is C15H24N2O3S. The van der Waals surface area contributed by atoms with Crippen molar-refractivity contribution in [3.05, 3.63) is 35.4 Å². The van der Waals surface area contributed by atoms with Gasteiger partial charge in [-0.2, -0.15) is 0 Å². The van der Waals surface area contributed by atoms with Crippen LogP contribution in [0, 0.1) is 0 Å². The molecule has 118 valence electrons. The smallest absolute Gasteiger partial charge is 0.218 e. The Labute approximate surface area is 126 Å². The number of rotatable bonds is 6. The predicted molar refractivity (Wildman–Crippen MR) is 83.0 cm³/mol. The van der Waals surface area contributed by atoms with Gasteiger partial charge in [0.05, 0.1) is 11.4 Å². The Morgan fingerprint density at radius 1 is 1.29 bits per heavy atom. The maximum absolute atomic E-state index is 12.4. The Kier molecular flexibility index (Phi) is 5.03. The van der Waals surface area contributed by atoms with Crippen molar-refractivity contribution in [1.82, 2.24) is 4.31 Å². The topological polar surface area (TPSA) is 83.6 Å². The fourth-order valence-electron chi connectivity index (χ4n) is 2.87. The van der Waals surface area contributed by atoms with E-state index in [-0.39, 0.29) is 12.3 Å². The third-order valence-electron chi connectivity index (χ3n) is 4.10. The van der Waals surface area contributed by atoms with E-state index in [1.807, 2.05) is 18.2 Å².